The summed E-state index contributed by atoms with van der Waals surface area (Å²) in [4.78, 5) is 6.99. The van der Waals surface area contributed by atoms with E-state index in [2.05, 4.69) is 14.7 Å². The Kier molecular flexibility index (Phi) is 1.92. The van der Waals surface area contributed by atoms with Crippen molar-refractivity contribution in [2.75, 3.05) is 17.8 Å². The van der Waals surface area contributed by atoms with Gasteiger partial charge in [-0.15, -0.1) is 0 Å². The minimum absolute atomic E-state index is 0.545. The maximum Gasteiger partial charge on any atom is 0.301 e. The maximum atomic E-state index is 11.6. The van der Waals surface area contributed by atoms with Crippen molar-refractivity contribution >= 4 is 26.9 Å². The van der Waals surface area contributed by atoms with Crippen LogP contribution in [0.4, 0.5) is 5.69 Å². The molecule has 16 heavy (non-hydrogen) atoms. The van der Waals surface area contributed by atoms with Crippen LogP contribution in [0.2, 0.25) is 0 Å². The number of aromatic amines is 1. The second kappa shape index (κ2) is 3.19. The van der Waals surface area contributed by atoms with E-state index in [0.29, 0.717) is 18.8 Å². The normalized spacial score (nSPS) is 16.5. The standard InChI is InChI=1S/C9H10N4O2S/c14-16(15,13-3-4-13)12-7-1-2-8-9(5-7)11-6-10-8/h1-2,5-6,12H,3-4H2,(H,10,11). The highest BCUT2D eigenvalue weighted by atomic mass is 32.2. The molecule has 1 aromatic carbocycles. The van der Waals surface area contributed by atoms with E-state index < -0.39 is 10.2 Å². The smallest absolute Gasteiger partial charge is 0.301 e. The third kappa shape index (κ3) is 1.63. The van der Waals surface area contributed by atoms with Crippen LogP contribution in [0.5, 0.6) is 0 Å². The van der Waals surface area contributed by atoms with E-state index in [9.17, 15) is 8.42 Å². The van der Waals surface area contributed by atoms with Crippen molar-refractivity contribution in [1.29, 1.82) is 0 Å². The average molecular weight is 238 g/mol. The summed E-state index contributed by atoms with van der Waals surface area (Å²) >= 11 is 0. The zero-order chi connectivity index (χ0) is 11.2. The van der Waals surface area contributed by atoms with Crippen LogP contribution >= 0.6 is 0 Å². The lowest BCUT2D eigenvalue weighted by molar-refractivity contribution is 0.569. The number of hydrogen-bond acceptors (Lipinski definition) is 3. The summed E-state index contributed by atoms with van der Waals surface area (Å²) in [6, 6.07) is 5.19. The molecule has 1 aliphatic rings. The van der Waals surface area contributed by atoms with E-state index in [1.165, 1.54) is 4.31 Å². The van der Waals surface area contributed by atoms with Gasteiger partial charge in [0, 0.05) is 13.1 Å². The molecule has 2 aromatic rings. The third-order valence-corrected chi connectivity index (χ3v) is 3.95. The third-order valence-electron chi connectivity index (χ3n) is 2.41. The number of nitrogens with one attached hydrogen (secondary N) is 2. The van der Waals surface area contributed by atoms with Crippen LogP contribution in [0, 0.1) is 0 Å². The minimum atomic E-state index is -3.34. The van der Waals surface area contributed by atoms with Gasteiger partial charge in [0.1, 0.15) is 0 Å². The fourth-order valence-corrected chi connectivity index (χ4v) is 2.61. The van der Waals surface area contributed by atoms with Crippen LogP contribution < -0.4 is 4.72 Å². The van der Waals surface area contributed by atoms with Gasteiger partial charge in [0.15, 0.2) is 0 Å². The van der Waals surface area contributed by atoms with E-state index in [4.69, 9.17) is 0 Å². The molecule has 2 N–H and O–H groups in total. The van der Waals surface area contributed by atoms with Crippen molar-refractivity contribution in [3.63, 3.8) is 0 Å². The Morgan fingerprint density at radius 1 is 1.38 bits per heavy atom. The largest absolute Gasteiger partial charge is 0.345 e. The molecule has 0 unspecified atom stereocenters. The molecule has 0 amide bonds. The predicted octanol–water partition coefficient (Wildman–Crippen LogP) is 0.535. The summed E-state index contributed by atoms with van der Waals surface area (Å²) < 4.78 is 27.1. The molecule has 7 heteroatoms. The number of aromatic nitrogens is 2. The fourth-order valence-electron chi connectivity index (χ4n) is 1.49. The molecule has 1 fully saturated rings. The highest BCUT2D eigenvalue weighted by Gasteiger charge is 2.31. The van der Waals surface area contributed by atoms with Gasteiger partial charge in [-0.2, -0.15) is 12.7 Å². The number of imidazole rings is 1. The quantitative estimate of drug-likeness (QED) is 0.766. The highest BCUT2D eigenvalue weighted by Crippen LogP contribution is 2.19. The molecule has 84 valence electrons. The van der Waals surface area contributed by atoms with Gasteiger partial charge in [0.05, 0.1) is 23.0 Å². The molecule has 6 nitrogen and oxygen atoms in total. The summed E-state index contributed by atoms with van der Waals surface area (Å²) in [5.41, 5.74) is 2.17. The van der Waals surface area contributed by atoms with Crippen LogP contribution in [-0.2, 0) is 10.2 Å². The van der Waals surface area contributed by atoms with Gasteiger partial charge in [0.25, 0.3) is 0 Å². The minimum Gasteiger partial charge on any atom is -0.345 e. The number of hydrogen-bond donors (Lipinski definition) is 2. The first-order valence-corrected chi connectivity index (χ1v) is 6.30. The lowest BCUT2D eigenvalue weighted by atomic mass is 10.3. The zero-order valence-corrected chi connectivity index (χ0v) is 9.16. The summed E-state index contributed by atoms with van der Waals surface area (Å²) in [6.45, 7) is 1.20. The fraction of sp³-hybridized carbons (Fsp3) is 0.222. The summed E-state index contributed by atoms with van der Waals surface area (Å²) in [6.07, 6.45) is 1.58. The first kappa shape index (κ1) is 9.61. The Morgan fingerprint density at radius 2 is 2.19 bits per heavy atom. The molecule has 0 aliphatic carbocycles. The van der Waals surface area contributed by atoms with Gasteiger partial charge in [-0.3, -0.25) is 4.72 Å². The predicted molar refractivity (Wildman–Crippen MR) is 60.2 cm³/mol. The van der Waals surface area contributed by atoms with Gasteiger partial charge >= 0.3 is 10.2 Å². The van der Waals surface area contributed by atoms with Crippen LogP contribution in [0.3, 0.4) is 0 Å². The Bertz CT molecular complexity index is 630. The molecule has 0 bridgehead atoms. The van der Waals surface area contributed by atoms with Crippen LogP contribution in [0.15, 0.2) is 24.5 Å². The molecule has 1 aromatic heterocycles. The molecule has 0 spiro atoms. The van der Waals surface area contributed by atoms with Crippen molar-refractivity contribution in [3.05, 3.63) is 24.5 Å². The number of nitrogens with zero attached hydrogens (tertiary/aromatic N) is 2. The number of anilines is 1. The van der Waals surface area contributed by atoms with Crippen LogP contribution in [0.25, 0.3) is 11.0 Å². The molecule has 2 heterocycles. The Hall–Kier alpha value is -1.60. The van der Waals surface area contributed by atoms with Gasteiger partial charge in [-0.05, 0) is 18.2 Å². The Balaban J connectivity index is 1.94. The first-order chi connectivity index (χ1) is 7.65. The molecular weight excluding hydrogens is 228 g/mol. The average Bonchev–Trinajstić information content (AvgIpc) is 2.99. The maximum absolute atomic E-state index is 11.6. The molecule has 1 aliphatic heterocycles. The SMILES string of the molecule is O=S(=O)(Nc1ccc2nc[nH]c2c1)N1CC1. The van der Waals surface area contributed by atoms with Gasteiger partial charge in [-0.25, -0.2) is 4.98 Å². The Morgan fingerprint density at radius 3 is 2.94 bits per heavy atom. The molecule has 3 rings (SSSR count). The van der Waals surface area contributed by atoms with Crippen molar-refractivity contribution < 1.29 is 8.42 Å². The van der Waals surface area contributed by atoms with E-state index in [-0.39, 0.29) is 0 Å². The Labute approximate surface area is 92.5 Å². The zero-order valence-electron chi connectivity index (χ0n) is 8.34. The molecule has 1 saturated heterocycles. The summed E-state index contributed by atoms with van der Waals surface area (Å²) in [5, 5.41) is 0. The summed E-state index contributed by atoms with van der Waals surface area (Å²) in [7, 11) is -3.34. The molecule has 0 radical (unpaired) electrons. The first-order valence-electron chi connectivity index (χ1n) is 4.86. The molecule has 0 atom stereocenters. The van der Waals surface area contributed by atoms with Gasteiger partial charge in [-0.1, -0.05) is 0 Å². The van der Waals surface area contributed by atoms with Crippen molar-refractivity contribution in [3.8, 4) is 0 Å². The topological polar surface area (TPSA) is 77.9 Å². The van der Waals surface area contributed by atoms with Crippen molar-refractivity contribution in [1.82, 2.24) is 14.3 Å². The monoisotopic (exact) mass is 238 g/mol. The second-order valence-corrected chi connectivity index (χ2v) is 5.31. The van der Waals surface area contributed by atoms with E-state index in [1.807, 2.05) is 0 Å². The van der Waals surface area contributed by atoms with Gasteiger partial charge < -0.3 is 4.98 Å². The number of fused-ring (bicyclic) bond motifs is 1. The lowest BCUT2D eigenvalue weighted by Gasteiger charge is -2.07. The van der Waals surface area contributed by atoms with Gasteiger partial charge in [0.2, 0.25) is 0 Å². The number of rotatable bonds is 3. The number of H-pyrrole nitrogens is 1. The molecular formula is C9H10N4O2S. The van der Waals surface area contributed by atoms with E-state index >= 15 is 0 Å². The lowest BCUT2D eigenvalue weighted by Crippen LogP contribution is -2.20. The highest BCUT2D eigenvalue weighted by molar-refractivity contribution is 7.90. The molecule has 0 saturated carbocycles. The summed E-state index contributed by atoms with van der Waals surface area (Å²) in [5.74, 6) is 0. The second-order valence-electron chi connectivity index (χ2n) is 3.64. The van der Waals surface area contributed by atoms with Crippen LogP contribution in [-0.4, -0.2) is 35.8 Å². The van der Waals surface area contributed by atoms with Crippen molar-refractivity contribution in [2.45, 2.75) is 0 Å². The van der Waals surface area contributed by atoms with E-state index in [1.54, 1.807) is 24.5 Å². The van der Waals surface area contributed by atoms with Crippen molar-refractivity contribution in [2.24, 2.45) is 0 Å². The van der Waals surface area contributed by atoms with E-state index in [0.717, 1.165) is 11.0 Å². The number of benzene rings is 1. The van der Waals surface area contributed by atoms with Crippen LogP contribution in [0.1, 0.15) is 0 Å².